The first-order valence-corrected chi connectivity index (χ1v) is 7.62. The molecule has 0 saturated carbocycles. The Balaban J connectivity index is 2.42. The summed E-state index contributed by atoms with van der Waals surface area (Å²) >= 11 is 5.64. The van der Waals surface area contributed by atoms with E-state index in [0.29, 0.717) is 12.1 Å². The molecule has 0 saturated heterocycles. The highest BCUT2D eigenvalue weighted by atomic mass is 35.5. The Bertz CT molecular complexity index is 507. The first-order valence-electron chi connectivity index (χ1n) is 5.54. The van der Waals surface area contributed by atoms with Crippen LogP contribution in [0.1, 0.15) is 5.69 Å². The SMILES string of the molecule is COC(=O)C(Cl)CNS(=O)(=O)CCc1ccccn1. The highest BCUT2D eigenvalue weighted by Crippen LogP contribution is 2.00. The van der Waals surface area contributed by atoms with E-state index < -0.39 is 21.4 Å². The lowest BCUT2D eigenvalue weighted by atomic mass is 10.3. The average molecular weight is 307 g/mol. The van der Waals surface area contributed by atoms with Crippen LogP contribution in [0.25, 0.3) is 0 Å². The molecule has 0 spiro atoms. The number of esters is 1. The number of sulfonamides is 1. The fourth-order valence-electron chi connectivity index (χ4n) is 1.27. The fraction of sp³-hybridized carbons (Fsp3) is 0.455. The fourth-order valence-corrected chi connectivity index (χ4v) is 2.57. The van der Waals surface area contributed by atoms with Crippen molar-refractivity contribution in [2.75, 3.05) is 19.4 Å². The van der Waals surface area contributed by atoms with Crippen molar-refractivity contribution in [2.45, 2.75) is 11.8 Å². The van der Waals surface area contributed by atoms with Crippen LogP contribution < -0.4 is 4.72 Å². The molecule has 1 aromatic heterocycles. The minimum atomic E-state index is -3.50. The van der Waals surface area contributed by atoms with E-state index in [-0.39, 0.29) is 12.3 Å². The summed E-state index contributed by atoms with van der Waals surface area (Å²) in [5, 5.41) is -1.03. The van der Waals surface area contributed by atoms with E-state index in [4.69, 9.17) is 11.6 Å². The highest BCUT2D eigenvalue weighted by Gasteiger charge is 2.19. The number of carbonyl (C=O) groups excluding carboxylic acids is 1. The molecule has 0 radical (unpaired) electrons. The normalized spacial score (nSPS) is 12.9. The van der Waals surface area contributed by atoms with Crippen LogP contribution in [0.2, 0.25) is 0 Å². The molecule has 1 atom stereocenters. The van der Waals surface area contributed by atoms with Gasteiger partial charge >= 0.3 is 5.97 Å². The van der Waals surface area contributed by atoms with Crippen LogP contribution in [-0.4, -0.2) is 44.2 Å². The number of aryl methyl sites for hydroxylation is 1. The van der Waals surface area contributed by atoms with Crippen molar-refractivity contribution in [3.8, 4) is 0 Å². The molecule has 0 aliphatic rings. The lowest BCUT2D eigenvalue weighted by Gasteiger charge is -2.09. The topological polar surface area (TPSA) is 85.4 Å². The molecule has 0 aliphatic heterocycles. The second kappa shape index (κ2) is 7.42. The second-order valence-corrected chi connectivity index (χ2v) is 6.18. The van der Waals surface area contributed by atoms with Crippen LogP contribution in [0, 0.1) is 0 Å². The standard InChI is InChI=1S/C11H15ClN2O4S/c1-18-11(15)10(12)8-14-19(16,17)7-5-9-4-2-3-6-13-9/h2-4,6,10,14H,5,7-8H2,1H3. The van der Waals surface area contributed by atoms with Gasteiger partial charge in [-0.2, -0.15) is 0 Å². The van der Waals surface area contributed by atoms with Crippen LogP contribution in [0.15, 0.2) is 24.4 Å². The summed E-state index contributed by atoms with van der Waals surface area (Å²) in [5.74, 6) is -0.788. The third kappa shape index (κ3) is 6.00. The van der Waals surface area contributed by atoms with Gasteiger partial charge in [-0.05, 0) is 12.1 Å². The van der Waals surface area contributed by atoms with Gasteiger partial charge in [0.1, 0.15) is 5.38 Å². The first-order chi connectivity index (χ1) is 8.94. The summed E-state index contributed by atoms with van der Waals surface area (Å²) in [6.07, 6.45) is 1.89. The van der Waals surface area contributed by atoms with Crippen molar-refractivity contribution in [1.29, 1.82) is 0 Å². The van der Waals surface area contributed by atoms with Crippen LogP contribution in [-0.2, 0) is 26.0 Å². The van der Waals surface area contributed by atoms with Gasteiger partial charge in [-0.1, -0.05) is 6.07 Å². The molecule has 19 heavy (non-hydrogen) atoms. The van der Waals surface area contributed by atoms with Gasteiger partial charge in [0, 0.05) is 24.9 Å². The molecule has 0 amide bonds. The van der Waals surface area contributed by atoms with E-state index in [0.717, 1.165) is 0 Å². The number of alkyl halides is 1. The van der Waals surface area contributed by atoms with Crippen molar-refractivity contribution in [3.63, 3.8) is 0 Å². The predicted octanol–water partition coefficient (Wildman–Crippen LogP) is 0.324. The largest absolute Gasteiger partial charge is 0.468 e. The number of rotatable bonds is 7. The number of nitrogens with zero attached hydrogens (tertiary/aromatic N) is 1. The lowest BCUT2D eigenvalue weighted by molar-refractivity contribution is -0.140. The zero-order valence-corrected chi connectivity index (χ0v) is 11.9. The Labute approximate surface area is 117 Å². The van der Waals surface area contributed by atoms with Gasteiger partial charge < -0.3 is 4.74 Å². The third-order valence-corrected chi connectivity index (χ3v) is 3.97. The molecule has 0 aromatic carbocycles. The molecule has 0 aliphatic carbocycles. The van der Waals surface area contributed by atoms with E-state index >= 15 is 0 Å². The zero-order chi connectivity index (χ0) is 14.3. The quantitative estimate of drug-likeness (QED) is 0.579. The average Bonchev–Trinajstić information content (AvgIpc) is 2.43. The van der Waals surface area contributed by atoms with Gasteiger partial charge in [0.05, 0.1) is 12.9 Å². The van der Waals surface area contributed by atoms with Gasteiger partial charge in [0.25, 0.3) is 0 Å². The van der Waals surface area contributed by atoms with Crippen LogP contribution in [0.4, 0.5) is 0 Å². The zero-order valence-electron chi connectivity index (χ0n) is 10.4. The Morgan fingerprint density at radius 2 is 2.26 bits per heavy atom. The van der Waals surface area contributed by atoms with Crippen LogP contribution in [0.3, 0.4) is 0 Å². The third-order valence-electron chi connectivity index (χ3n) is 2.29. The molecule has 106 valence electrons. The maximum Gasteiger partial charge on any atom is 0.325 e. The van der Waals surface area contributed by atoms with Crippen molar-refractivity contribution in [1.82, 2.24) is 9.71 Å². The van der Waals surface area contributed by atoms with E-state index in [1.165, 1.54) is 7.11 Å². The number of hydrogen-bond acceptors (Lipinski definition) is 5. The van der Waals surface area contributed by atoms with Crippen LogP contribution in [0.5, 0.6) is 0 Å². The molecule has 0 fully saturated rings. The van der Waals surface area contributed by atoms with E-state index in [1.807, 2.05) is 0 Å². The Morgan fingerprint density at radius 3 is 2.84 bits per heavy atom. The van der Waals surface area contributed by atoms with E-state index in [1.54, 1.807) is 24.4 Å². The molecular weight excluding hydrogens is 292 g/mol. The minimum Gasteiger partial charge on any atom is -0.468 e. The van der Waals surface area contributed by atoms with Gasteiger partial charge in [0.15, 0.2) is 0 Å². The molecular formula is C11H15ClN2O4S. The van der Waals surface area contributed by atoms with Crippen LogP contribution >= 0.6 is 11.6 Å². The Kier molecular flexibility index (Phi) is 6.20. The number of nitrogens with one attached hydrogen (secondary N) is 1. The van der Waals surface area contributed by atoms with Crippen molar-refractivity contribution in [2.24, 2.45) is 0 Å². The Hall–Kier alpha value is -1.18. The molecule has 1 unspecified atom stereocenters. The van der Waals surface area contributed by atoms with Gasteiger partial charge in [-0.3, -0.25) is 9.78 Å². The lowest BCUT2D eigenvalue weighted by Crippen LogP contribution is -2.35. The van der Waals surface area contributed by atoms with Gasteiger partial charge in [0.2, 0.25) is 10.0 Å². The molecule has 1 rings (SSSR count). The molecule has 1 heterocycles. The van der Waals surface area contributed by atoms with E-state index in [2.05, 4.69) is 14.4 Å². The Morgan fingerprint density at radius 1 is 1.53 bits per heavy atom. The summed E-state index contributed by atoms with van der Waals surface area (Å²) in [4.78, 5) is 15.0. The molecule has 1 aromatic rings. The van der Waals surface area contributed by atoms with Crippen molar-refractivity contribution in [3.05, 3.63) is 30.1 Å². The van der Waals surface area contributed by atoms with Crippen molar-refractivity contribution < 1.29 is 17.9 Å². The number of methoxy groups -OCH3 is 1. The molecule has 0 bridgehead atoms. The number of carbonyl (C=O) groups is 1. The first kappa shape index (κ1) is 15.9. The predicted molar refractivity (Wildman–Crippen MR) is 71.4 cm³/mol. The summed E-state index contributed by atoms with van der Waals surface area (Å²) in [6, 6.07) is 5.29. The van der Waals surface area contributed by atoms with E-state index in [9.17, 15) is 13.2 Å². The summed E-state index contributed by atoms with van der Waals surface area (Å²) in [5.41, 5.74) is 0.684. The summed E-state index contributed by atoms with van der Waals surface area (Å²) < 4.78 is 30.0. The number of ether oxygens (including phenoxy) is 1. The van der Waals surface area contributed by atoms with Gasteiger partial charge in [-0.25, -0.2) is 13.1 Å². The second-order valence-electron chi connectivity index (χ2n) is 3.73. The highest BCUT2D eigenvalue weighted by molar-refractivity contribution is 7.89. The number of pyridine rings is 1. The monoisotopic (exact) mass is 306 g/mol. The number of hydrogen-bond donors (Lipinski definition) is 1. The number of halogens is 1. The maximum atomic E-state index is 11.7. The summed E-state index contributed by atoms with van der Waals surface area (Å²) in [6.45, 7) is -0.196. The maximum absolute atomic E-state index is 11.7. The smallest absolute Gasteiger partial charge is 0.325 e. The summed E-state index contributed by atoms with van der Waals surface area (Å²) in [7, 11) is -2.31. The minimum absolute atomic E-state index is 0.116. The molecule has 8 heteroatoms. The number of aromatic nitrogens is 1. The van der Waals surface area contributed by atoms with Crippen molar-refractivity contribution >= 4 is 27.6 Å². The molecule has 6 nitrogen and oxygen atoms in total. The van der Waals surface area contributed by atoms with Gasteiger partial charge in [-0.15, -0.1) is 11.6 Å². The molecule has 1 N–H and O–H groups in total.